The van der Waals surface area contributed by atoms with Crippen LogP contribution in [-0.4, -0.2) is 9.55 Å². The summed E-state index contributed by atoms with van der Waals surface area (Å²) >= 11 is 0. The van der Waals surface area contributed by atoms with Crippen LogP contribution in [0.4, 0.5) is 14.6 Å². The van der Waals surface area contributed by atoms with E-state index in [-0.39, 0.29) is 5.56 Å². The van der Waals surface area contributed by atoms with Gasteiger partial charge in [0, 0.05) is 24.1 Å². The zero-order chi connectivity index (χ0) is 13.6. The molecule has 0 bridgehead atoms. The first-order chi connectivity index (χ1) is 9.08. The zero-order valence-electron chi connectivity index (χ0n) is 10.6. The van der Waals surface area contributed by atoms with Crippen molar-refractivity contribution in [3.8, 4) is 11.3 Å². The van der Waals surface area contributed by atoms with Crippen molar-refractivity contribution in [2.75, 3.05) is 5.73 Å². The maximum Gasteiger partial charge on any atom is 0.263 e. The summed E-state index contributed by atoms with van der Waals surface area (Å²) in [5.74, 6) is 2.08. The molecule has 1 aromatic heterocycles. The number of aromatic nitrogens is 2. The van der Waals surface area contributed by atoms with E-state index in [1.54, 1.807) is 12.1 Å². The molecule has 0 unspecified atom stereocenters. The van der Waals surface area contributed by atoms with Gasteiger partial charge < -0.3 is 10.3 Å². The molecule has 1 aliphatic rings. The summed E-state index contributed by atoms with van der Waals surface area (Å²) in [6.45, 7) is 0. The number of rotatable bonds is 3. The van der Waals surface area contributed by atoms with Crippen molar-refractivity contribution >= 4 is 5.82 Å². The Labute approximate surface area is 110 Å². The molecule has 19 heavy (non-hydrogen) atoms. The molecule has 1 aromatic carbocycles. The molecule has 100 valence electrons. The van der Waals surface area contributed by atoms with Crippen LogP contribution < -0.4 is 5.73 Å². The molecule has 3 rings (SSSR count). The monoisotopic (exact) mass is 263 g/mol. The van der Waals surface area contributed by atoms with E-state index >= 15 is 0 Å². The van der Waals surface area contributed by atoms with E-state index in [1.165, 1.54) is 12.1 Å². The van der Waals surface area contributed by atoms with Crippen molar-refractivity contribution in [3.05, 3.63) is 35.7 Å². The lowest BCUT2D eigenvalue weighted by Crippen LogP contribution is -2.00. The Morgan fingerprint density at radius 1 is 1.26 bits per heavy atom. The van der Waals surface area contributed by atoms with Crippen LogP contribution >= 0.6 is 0 Å². The normalized spacial score (nSPS) is 15.2. The summed E-state index contributed by atoms with van der Waals surface area (Å²) in [5, 5.41) is 0. The number of halogens is 2. The molecule has 1 fully saturated rings. The van der Waals surface area contributed by atoms with Gasteiger partial charge in [-0.15, -0.1) is 0 Å². The van der Waals surface area contributed by atoms with E-state index in [9.17, 15) is 8.78 Å². The van der Waals surface area contributed by atoms with Crippen LogP contribution in [-0.2, 0) is 7.05 Å². The number of benzene rings is 1. The fourth-order valence-corrected chi connectivity index (χ4v) is 2.23. The summed E-state index contributed by atoms with van der Waals surface area (Å²) in [7, 11) is 1.90. The highest BCUT2D eigenvalue weighted by atomic mass is 19.3. The summed E-state index contributed by atoms with van der Waals surface area (Å²) in [6, 6.07) is 6.14. The lowest BCUT2D eigenvalue weighted by Gasteiger charge is -2.03. The van der Waals surface area contributed by atoms with Gasteiger partial charge in [0.2, 0.25) is 0 Å². The highest BCUT2D eigenvalue weighted by Crippen LogP contribution is 2.41. The number of hydrogen-bond donors (Lipinski definition) is 1. The van der Waals surface area contributed by atoms with Gasteiger partial charge >= 0.3 is 0 Å². The third-order valence-corrected chi connectivity index (χ3v) is 3.55. The van der Waals surface area contributed by atoms with Crippen LogP contribution in [0.15, 0.2) is 24.3 Å². The van der Waals surface area contributed by atoms with Crippen molar-refractivity contribution in [2.45, 2.75) is 25.2 Å². The average Bonchev–Trinajstić information content (AvgIpc) is 3.19. The molecular weight excluding hydrogens is 248 g/mol. The van der Waals surface area contributed by atoms with Crippen molar-refractivity contribution < 1.29 is 8.78 Å². The van der Waals surface area contributed by atoms with Crippen LogP contribution in [0, 0.1) is 0 Å². The topological polar surface area (TPSA) is 43.8 Å². The molecule has 3 nitrogen and oxygen atoms in total. The van der Waals surface area contributed by atoms with Crippen LogP contribution in [0.25, 0.3) is 11.3 Å². The average molecular weight is 263 g/mol. The quantitative estimate of drug-likeness (QED) is 0.921. The van der Waals surface area contributed by atoms with Crippen LogP contribution in [0.5, 0.6) is 0 Å². The van der Waals surface area contributed by atoms with Crippen molar-refractivity contribution in [1.82, 2.24) is 9.55 Å². The summed E-state index contributed by atoms with van der Waals surface area (Å²) in [5.41, 5.74) is 7.53. The predicted octanol–water partition coefficient (Wildman–Crippen LogP) is 3.48. The van der Waals surface area contributed by atoms with Gasteiger partial charge in [0.05, 0.1) is 0 Å². The van der Waals surface area contributed by atoms with Crippen LogP contribution in [0.3, 0.4) is 0 Å². The number of nitrogens with two attached hydrogens (primary N) is 1. The van der Waals surface area contributed by atoms with Crippen molar-refractivity contribution in [2.24, 2.45) is 7.05 Å². The third kappa shape index (κ3) is 2.09. The van der Waals surface area contributed by atoms with Crippen LogP contribution in [0.1, 0.15) is 36.6 Å². The number of hydrogen-bond acceptors (Lipinski definition) is 2. The Kier molecular flexibility index (Phi) is 2.77. The molecule has 2 aromatic rings. The molecule has 0 spiro atoms. The summed E-state index contributed by atoms with van der Waals surface area (Å²) < 4.78 is 26.9. The largest absolute Gasteiger partial charge is 0.383 e. The van der Waals surface area contributed by atoms with Gasteiger partial charge in [0.25, 0.3) is 6.43 Å². The number of anilines is 1. The van der Waals surface area contributed by atoms with E-state index < -0.39 is 6.43 Å². The molecule has 2 N–H and O–H groups in total. The van der Waals surface area contributed by atoms with Gasteiger partial charge in [-0.3, -0.25) is 0 Å². The van der Waals surface area contributed by atoms with Crippen LogP contribution in [0.2, 0.25) is 0 Å². The Bertz CT molecular complexity index is 598. The number of nitrogen functional groups attached to an aromatic ring is 1. The minimum atomic E-state index is -2.45. The fourth-order valence-electron chi connectivity index (χ4n) is 2.23. The first-order valence-electron chi connectivity index (χ1n) is 6.28. The highest BCUT2D eigenvalue weighted by Gasteiger charge is 2.29. The first-order valence-corrected chi connectivity index (χ1v) is 6.28. The zero-order valence-corrected chi connectivity index (χ0v) is 10.6. The van der Waals surface area contributed by atoms with E-state index in [0.717, 1.165) is 24.2 Å². The molecule has 0 amide bonds. The Hall–Kier alpha value is -1.91. The van der Waals surface area contributed by atoms with E-state index in [1.807, 2.05) is 11.6 Å². The van der Waals surface area contributed by atoms with Gasteiger partial charge in [0.1, 0.15) is 17.3 Å². The lowest BCUT2D eigenvalue weighted by atomic mass is 10.1. The second-order valence-corrected chi connectivity index (χ2v) is 4.96. The second kappa shape index (κ2) is 4.33. The maximum absolute atomic E-state index is 12.5. The SMILES string of the molecule is Cn1c(C2CC2)nc(-c2ccc(C(F)F)cc2)c1N. The smallest absolute Gasteiger partial charge is 0.263 e. The molecule has 1 heterocycles. The maximum atomic E-state index is 12.5. The lowest BCUT2D eigenvalue weighted by molar-refractivity contribution is 0.151. The van der Waals surface area contributed by atoms with E-state index in [2.05, 4.69) is 4.98 Å². The highest BCUT2D eigenvalue weighted by molar-refractivity contribution is 5.71. The fraction of sp³-hybridized carbons (Fsp3) is 0.357. The Balaban J connectivity index is 1.99. The van der Waals surface area contributed by atoms with Gasteiger partial charge in [-0.2, -0.15) is 0 Å². The molecule has 1 aliphatic carbocycles. The number of imidazole rings is 1. The molecule has 1 saturated carbocycles. The minimum absolute atomic E-state index is 0.0145. The molecule has 0 radical (unpaired) electrons. The molecule has 0 saturated heterocycles. The van der Waals surface area contributed by atoms with Crippen molar-refractivity contribution in [1.29, 1.82) is 0 Å². The third-order valence-electron chi connectivity index (χ3n) is 3.55. The minimum Gasteiger partial charge on any atom is -0.383 e. The number of alkyl halides is 2. The van der Waals surface area contributed by atoms with Gasteiger partial charge in [0.15, 0.2) is 0 Å². The Morgan fingerprint density at radius 2 is 1.89 bits per heavy atom. The molecule has 0 atom stereocenters. The number of nitrogens with zero attached hydrogens (tertiary/aromatic N) is 2. The first kappa shape index (κ1) is 12.1. The van der Waals surface area contributed by atoms with E-state index in [0.29, 0.717) is 17.4 Å². The van der Waals surface area contributed by atoms with Gasteiger partial charge in [-0.1, -0.05) is 24.3 Å². The summed E-state index contributed by atoms with van der Waals surface area (Å²) in [4.78, 5) is 4.57. The second-order valence-electron chi connectivity index (χ2n) is 4.96. The molecule has 5 heteroatoms. The van der Waals surface area contributed by atoms with Gasteiger partial charge in [-0.25, -0.2) is 13.8 Å². The van der Waals surface area contributed by atoms with Crippen molar-refractivity contribution in [3.63, 3.8) is 0 Å². The Morgan fingerprint density at radius 3 is 2.42 bits per heavy atom. The summed E-state index contributed by atoms with van der Waals surface area (Å²) in [6.07, 6.45) is -0.153. The standard InChI is InChI=1S/C14H15F2N3/c1-19-13(17)11(18-14(19)10-6-7-10)8-2-4-9(5-3-8)12(15)16/h2-5,10,12H,6-7,17H2,1H3. The molecular formula is C14H15F2N3. The molecule has 0 aliphatic heterocycles. The predicted molar refractivity (Wildman–Crippen MR) is 70.0 cm³/mol. The van der Waals surface area contributed by atoms with Gasteiger partial charge in [-0.05, 0) is 12.8 Å². The van der Waals surface area contributed by atoms with E-state index in [4.69, 9.17) is 5.73 Å².